The number of hydrogen-bond acceptors (Lipinski definition) is 3. The lowest BCUT2D eigenvalue weighted by Crippen LogP contribution is -2.46. The smallest absolute Gasteiger partial charge is 0.308 e. The third kappa shape index (κ3) is 2.36. The molecule has 0 radical (unpaired) electrons. The van der Waals surface area contributed by atoms with Crippen LogP contribution < -0.4 is 5.73 Å². The van der Waals surface area contributed by atoms with Crippen molar-refractivity contribution in [3.8, 4) is 0 Å². The summed E-state index contributed by atoms with van der Waals surface area (Å²) in [7, 11) is 0. The van der Waals surface area contributed by atoms with Crippen molar-refractivity contribution in [1.29, 1.82) is 0 Å². The van der Waals surface area contributed by atoms with Crippen LogP contribution in [0.5, 0.6) is 0 Å². The number of carboxylic acid groups (broad SMARTS) is 1. The molecule has 4 unspecified atom stereocenters. The zero-order chi connectivity index (χ0) is 14.4. The maximum absolute atomic E-state index is 12.1. The summed E-state index contributed by atoms with van der Waals surface area (Å²) < 4.78 is 0. The van der Waals surface area contributed by atoms with Crippen LogP contribution >= 0.6 is 0 Å². The van der Waals surface area contributed by atoms with Crippen LogP contribution in [0.25, 0.3) is 0 Å². The van der Waals surface area contributed by atoms with Crippen molar-refractivity contribution in [3.63, 3.8) is 0 Å². The van der Waals surface area contributed by atoms with E-state index in [1.807, 2.05) is 0 Å². The molecule has 1 saturated heterocycles. The average Bonchev–Trinajstić information content (AvgIpc) is 2.75. The van der Waals surface area contributed by atoms with Gasteiger partial charge in [0.25, 0.3) is 0 Å². The highest BCUT2D eigenvalue weighted by atomic mass is 16.4. The molecule has 1 aliphatic carbocycles. The Bertz CT molecular complexity index is 394. The van der Waals surface area contributed by atoms with Crippen molar-refractivity contribution in [3.05, 3.63) is 0 Å². The van der Waals surface area contributed by atoms with Crippen molar-refractivity contribution in [2.75, 3.05) is 13.1 Å². The Hall–Kier alpha value is -1.10. The van der Waals surface area contributed by atoms with Gasteiger partial charge in [0.2, 0.25) is 5.91 Å². The van der Waals surface area contributed by atoms with Gasteiger partial charge in [0.05, 0.1) is 5.92 Å². The zero-order valence-electron chi connectivity index (χ0n) is 11.9. The topological polar surface area (TPSA) is 83.6 Å². The molecule has 1 aliphatic heterocycles. The van der Waals surface area contributed by atoms with E-state index in [1.165, 1.54) is 0 Å². The molecule has 1 saturated carbocycles. The second-order valence-corrected chi connectivity index (χ2v) is 6.79. The highest BCUT2D eigenvalue weighted by Crippen LogP contribution is 2.48. The van der Waals surface area contributed by atoms with Crippen LogP contribution in [-0.2, 0) is 9.59 Å². The van der Waals surface area contributed by atoms with E-state index in [0.717, 1.165) is 6.42 Å². The summed E-state index contributed by atoms with van der Waals surface area (Å²) in [6.07, 6.45) is 1.16. The van der Waals surface area contributed by atoms with E-state index in [4.69, 9.17) is 10.8 Å². The Balaban J connectivity index is 2.21. The molecule has 3 N–H and O–H groups in total. The summed E-state index contributed by atoms with van der Waals surface area (Å²) in [4.78, 5) is 25.0. The number of likely N-dealkylation sites (tertiary alicyclic amines) is 1. The Morgan fingerprint density at radius 2 is 2.16 bits per heavy atom. The fraction of sp³-hybridized carbons (Fsp3) is 0.857. The highest BCUT2D eigenvalue weighted by Gasteiger charge is 2.51. The van der Waals surface area contributed by atoms with Gasteiger partial charge in [-0.05, 0) is 30.2 Å². The monoisotopic (exact) mass is 268 g/mol. The Labute approximate surface area is 114 Å². The summed E-state index contributed by atoms with van der Waals surface area (Å²) in [5.74, 6) is -0.827. The standard InChI is InChI=1S/C14H24N2O3/c1-8-5-14(2,3)10(6-15)12(8)16-7-9(13(18)19)4-11(16)17/h8-10,12H,4-7,15H2,1-3H3,(H,18,19). The van der Waals surface area contributed by atoms with E-state index < -0.39 is 11.9 Å². The molecular formula is C14H24N2O3. The van der Waals surface area contributed by atoms with Crippen molar-refractivity contribution in [2.24, 2.45) is 28.9 Å². The van der Waals surface area contributed by atoms with Crippen LogP contribution in [0.1, 0.15) is 33.6 Å². The SMILES string of the molecule is CC1CC(C)(C)C(CN)C1N1CC(C(=O)O)CC1=O. The molecule has 1 heterocycles. The molecule has 5 nitrogen and oxygen atoms in total. The number of carbonyl (C=O) groups excluding carboxylic acids is 1. The van der Waals surface area contributed by atoms with E-state index in [0.29, 0.717) is 19.0 Å². The van der Waals surface area contributed by atoms with Gasteiger partial charge in [-0.25, -0.2) is 0 Å². The normalized spacial score (nSPS) is 37.9. The van der Waals surface area contributed by atoms with Gasteiger partial charge in [-0.2, -0.15) is 0 Å². The second-order valence-electron chi connectivity index (χ2n) is 6.79. The molecule has 4 atom stereocenters. The molecule has 0 spiro atoms. The van der Waals surface area contributed by atoms with Crippen LogP contribution in [0.4, 0.5) is 0 Å². The van der Waals surface area contributed by atoms with E-state index in [-0.39, 0.29) is 29.7 Å². The number of aliphatic carboxylic acids is 1. The number of amides is 1. The summed E-state index contributed by atoms with van der Waals surface area (Å²) in [6, 6.07) is 0.0943. The second kappa shape index (κ2) is 4.78. The van der Waals surface area contributed by atoms with Gasteiger partial charge >= 0.3 is 5.97 Å². The van der Waals surface area contributed by atoms with Gasteiger partial charge in [-0.15, -0.1) is 0 Å². The van der Waals surface area contributed by atoms with Crippen molar-refractivity contribution >= 4 is 11.9 Å². The largest absolute Gasteiger partial charge is 0.481 e. The maximum Gasteiger partial charge on any atom is 0.308 e. The predicted molar refractivity (Wildman–Crippen MR) is 71.4 cm³/mol. The first-order valence-corrected chi connectivity index (χ1v) is 7.00. The van der Waals surface area contributed by atoms with E-state index in [2.05, 4.69) is 20.8 Å². The molecule has 19 heavy (non-hydrogen) atoms. The molecule has 2 rings (SSSR count). The zero-order valence-corrected chi connectivity index (χ0v) is 11.9. The van der Waals surface area contributed by atoms with Gasteiger partial charge < -0.3 is 15.7 Å². The van der Waals surface area contributed by atoms with Crippen molar-refractivity contribution in [2.45, 2.75) is 39.7 Å². The average molecular weight is 268 g/mol. The Kier molecular flexibility index (Phi) is 3.60. The van der Waals surface area contributed by atoms with Gasteiger partial charge in [0.1, 0.15) is 0 Å². The van der Waals surface area contributed by atoms with Gasteiger partial charge in [-0.3, -0.25) is 9.59 Å². The summed E-state index contributed by atoms with van der Waals surface area (Å²) in [5, 5.41) is 9.08. The van der Waals surface area contributed by atoms with Gasteiger partial charge in [0.15, 0.2) is 0 Å². The lowest BCUT2D eigenvalue weighted by atomic mass is 9.80. The minimum absolute atomic E-state index is 0.0274. The third-order valence-electron chi connectivity index (χ3n) is 4.97. The lowest BCUT2D eigenvalue weighted by Gasteiger charge is -2.35. The lowest BCUT2D eigenvalue weighted by molar-refractivity contribution is -0.141. The maximum atomic E-state index is 12.1. The van der Waals surface area contributed by atoms with Gasteiger partial charge in [-0.1, -0.05) is 20.8 Å². The fourth-order valence-electron chi connectivity index (χ4n) is 4.13. The minimum Gasteiger partial charge on any atom is -0.481 e. The number of hydrogen-bond donors (Lipinski definition) is 2. The number of nitrogens with two attached hydrogens (primary N) is 1. The molecule has 0 bridgehead atoms. The van der Waals surface area contributed by atoms with Crippen LogP contribution in [0, 0.1) is 23.2 Å². The molecular weight excluding hydrogens is 244 g/mol. The number of carbonyl (C=O) groups is 2. The van der Waals surface area contributed by atoms with Gasteiger partial charge in [0, 0.05) is 19.0 Å². The number of carboxylic acids is 1. The van der Waals surface area contributed by atoms with Crippen molar-refractivity contribution in [1.82, 2.24) is 4.90 Å². The first-order chi connectivity index (χ1) is 8.77. The summed E-state index contributed by atoms with van der Waals surface area (Å²) >= 11 is 0. The quantitative estimate of drug-likeness (QED) is 0.797. The molecule has 0 aromatic carbocycles. The summed E-state index contributed by atoms with van der Waals surface area (Å²) in [5.41, 5.74) is 6.03. The van der Waals surface area contributed by atoms with E-state index in [1.54, 1.807) is 4.90 Å². The predicted octanol–water partition coefficient (Wildman–Crippen LogP) is 0.929. The van der Waals surface area contributed by atoms with Crippen LogP contribution in [0.3, 0.4) is 0 Å². The first-order valence-electron chi connectivity index (χ1n) is 7.00. The highest BCUT2D eigenvalue weighted by molar-refractivity contribution is 5.86. The molecule has 5 heteroatoms. The molecule has 108 valence electrons. The summed E-state index contributed by atoms with van der Waals surface area (Å²) in [6.45, 7) is 7.41. The molecule has 0 aromatic heterocycles. The Morgan fingerprint density at radius 3 is 2.63 bits per heavy atom. The molecule has 2 fully saturated rings. The number of rotatable bonds is 3. The van der Waals surface area contributed by atoms with Crippen molar-refractivity contribution < 1.29 is 14.7 Å². The molecule has 2 aliphatic rings. The third-order valence-corrected chi connectivity index (χ3v) is 4.97. The van der Waals surface area contributed by atoms with Crippen LogP contribution in [0.2, 0.25) is 0 Å². The fourth-order valence-corrected chi connectivity index (χ4v) is 4.13. The van der Waals surface area contributed by atoms with E-state index in [9.17, 15) is 9.59 Å². The number of nitrogens with zero attached hydrogens (tertiary/aromatic N) is 1. The molecule has 0 aromatic rings. The molecule has 1 amide bonds. The van der Waals surface area contributed by atoms with Crippen LogP contribution in [0.15, 0.2) is 0 Å². The first kappa shape index (κ1) is 14.3. The van der Waals surface area contributed by atoms with E-state index >= 15 is 0 Å². The Morgan fingerprint density at radius 1 is 1.53 bits per heavy atom. The van der Waals surface area contributed by atoms with Crippen LogP contribution in [-0.4, -0.2) is 41.0 Å². The minimum atomic E-state index is -0.870.